The molecular weight excluding hydrogens is 301 g/mol. The van der Waals surface area contributed by atoms with Crippen molar-refractivity contribution in [2.45, 2.75) is 26.4 Å². The van der Waals surface area contributed by atoms with Gasteiger partial charge in [-0.3, -0.25) is 9.59 Å². The first kappa shape index (κ1) is 15.1. The van der Waals surface area contributed by atoms with E-state index in [0.29, 0.717) is 29.0 Å². The fourth-order valence-electron chi connectivity index (χ4n) is 2.08. The number of hydrogen-bond donors (Lipinski definition) is 0. The van der Waals surface area contributed by atoms with Crippen LogP contribution < -0.4 is 0 Å². The van der Waals surface area contributed by atoms with Gasteiger partial charge in [0, 0.05) is 19.1 Å². The molecule has 0 aromatic carbocycles. The third-order valence-electron chi connectivity index (χ3n) is 3.19. The highest BCUT2D eigenvalue weighted by Gasteiger charge is 2.34. The van der Waals surface area contributed by atoms with Gasteiger partial charge in [0.15, 0.2) is 0 Å². The second-order valence-corrected chi connectivity index (χ2v) is 5.68. The van der Waals surface area contributed by atoms with Gasteiger partial charge in [-0.05, 0) is 26.0 Å². The number of amides is 2. The van der Waals surface area contributed by atoms with Crippen LogP contribution in [0, 0.1) is 0 Å². The Morgan fingerprint density at radius 3 is 2.55 bits per heavy atom. The molecule has 2 heterocycles. The van der Waals surface area contributed by atoms with Crippen LogP contribution in [-0.4, -0.2) is 45.7 Å². The summed E-state index contributed by atoms with van der Waals surface area (Å²) in [6.07, 6.45) is 0. The zero-order chi connectivity index (χ0) is 14.9. The lowest BCUT2D eigenvalue weighted by Gasteiger charge is -2.35. The molecule has 1 aliphatic rings. The monoisotopic (exact) mass is 315 g/mol. The number of piperazine rings is 1. The average molecular weight is 316 g/mol. The molecule has 0 N–H and O–H groups in total. The smallest absolute Gasteiger partial charge is 0.312 e. The van der Waals surface area contributed by atoms with Crippen molar-refractivity contribution in [3.63, 3.8) is 0 Å². The van der Waals surface area contributed by atoms with Crippen molar-refractivity contribution in [1.82, 2.24) is 14.8 Å². The second kappa shape index (κ2) is 5.97. The van der Waals surface area contributed by atoms with Crippen LogP contribution in [0.25, 0.3) is 0 Å². The minimum Gasteiger partial charge on any atom is -0.330 e. The maximum absolute atomic E-state index is 12.1. The fraction of sp³-hybridized carbons (Fsp3) is 0.462. The molecule has 1 fully saturated rings. The first-order chi connectivity index (χ1) is 9.40. The Labute approximate surface area is 127 Å². The highest BCUT2D eigenvalue weighted by Crippen LogP contribution is 2.20. The van der Waals surface area contributed by atoms with Gasteiger partial charge in [-0.1, -0.05) is 23.2 Å². The molecule has 0 spiro atoms. The van der Waals surface area contributed by atoms with E-state index in [1.165, 1.54) is 4.90 Å². The molecule has 0 saturated carbocycles. The van der Waals surface area contributed by atoms with Crippen LogP contribution in [0.4, 0.5) is 0 Å². The van der Waals surface area contributed by atoms with Crippen molar-refractivity contribution in [3.05, 3.63) is 28.0 Å². The van der Waals surface area contributed by atoms with E-state index in [1.54, 1.807) is 17.0 Å². The van der Waals surface area contributed by atoms with Crippen molar-refractivity contribution >= 4 is 35.0 Å². The minimum absolute atomic E-state index is 0.0153. The lowest BCUT2D eigenvalue weighted by Crippen LogP contribution is -2.55. The lowest BCUT2D eigenvalue weighted by atomic mass is 10.2. The third-order valence-corrected chi connectivity index (χ3v) is 3.75. The molecule has 0 unspecified atom stereocenters. The number of carbonyl (C=O) groups is 2. The Morgan fingerprint density at radius 2 is 1.90 bits per heavy atom. The topological polar surface area (TPSA) is 53.5 Å². The van der Waals surface area contributed by atoms with Crippen LogP contribution >= 0.6 is 23.2 Å². The van der Waals surface area contributed by atoms with Gasteiger partial charge < -0.3 is 9.80 Å². The van der Waals surface area contributed by atoms with Crippen LogP contribution in [0.15, 0.2) is 12.1 Å². The maximum atomic E-state index is 12.1. The fourth-order valence-corrected chi connectivity index (χ4v) is 2.41. The zero-order valence-electron chi connectivity index (χ0n) is 11.3. The predicted octanol–water partition coefficient (Wildman–Crippen LogP) is 1.97. The van der Waals surface area contributed by atoms with E-state index >= 15 is 0 Å². The van der Waals surface area contributed by atoms with Crippen LogP contribution in [0.2, 0.25) is 10.2 Å². The average Bonchev–Trinajstić information content (AvgIpc) is 2.39. The van der Waals surface area contributed by atoms with Gasteiger partial charge in [0.25, 0.3) is 0 Å². The molecule has 0 bridgehead atoms. The molecule has 1 aliphatic heterocycles. The van der Waals surface area contributed by atoms with E-state index in [9.17, 15) is 9.59 Å². The molecule has 0 radical (unpaired) electrons. The van der Waals surface area contributed by atoms with Crippen LogP contribution in [0.3, 0.4) is 0 Å². The molecule has 7 heteroatoms. The minimum atomic E-state index is -0.525. The Bertz CT molecular complexity index is 548. The van der Waals surface area contributed by atoms with E-state index in [0.717, 1.165) is 0 Å². The molecule has 108 valence electrons. The molecule has 2 amide bonds. The number of halogens is 2. The van der Waals surface area contributed by atoms with Crippen molar-refractivity contribution < 1.29 is 9.59 Å². The third kappa shape index (κ3) is 3.04. The number of hydrogen-bond acceptors (Lipinski definition) is 3. The molecule has 1 aromatic heterocycles. The summed E-state index contributed by atoms with van der Waals surface area (Å²) in [5.74, 6) is -1.01. The predicted molar refractivity (Wildman–Crippen MR) is 76.5 cm³/mol. The van der Waals surface area contributed by atoms with Crippen molar-refractivity contribution in [2.75, 3.05) is 13.1 Å². The van der Waals surface area contributed by atoms with Crippen LogP contribution in [0.1, 0.15) is 19.5 Å². The summed E-state index contributed by atoms with van der Waals surface area (Å²) in [5, 5.41) is 0.741. The molecule has 0 atom stereocenters. The number of aromatic nitrogens is 1. The molecule has 20 heavy (non-hydrogen) atoms. The van der Waals surface area contributed by atoms with Gasteiger partial charge in [-0.25, -0.2) is 4.98 Å². The van der Waals surface area contributed by atoms with Crippen molar-refractivity contribution in [2.24, 2.45) is 0 Å². The van der Waals surface area contributed by atoms with E-state index in [1.807, 2.05) is 13.8 Å². The molecule has 5 nitrogen and oxygen atoms in total. The van der Waals surface area contributed by atoms with E-state index in [2.05, 4.69) is 4.98 Å². The standard InChI is InChI=1S/C13H15Cl2N3O2/c1-8(2)18-6-5-17(12(19)13(18)20)7-10-9(14)3-4-11(15)16-10/h3-4,8H,5-7H2,1-2H3. The zero-order valence-corrected chi connectivity index (χ0v) is 12.8. The van der Waals surface area contributed by atoms with Gasteiger partial charge >= 0.3 is 11.8 Å². The normalized spacial score (nSPS) is 16.2. The number of pyridine rings is 1. The van der Waals surface area contributed by atoms with Gasteiger partial charge in [0.1, 0.15) is 5.15 Å². The summed E-state index contributed by atoms with van der Waals surface area (Å²) in [6, 6.07) is 3.22. The molecular formula is C13H15Cl2N3O2. The Morgan fingerprint density at radius 1 is 1.20 bits per heavy atom. The van der Waals surface area contributed by atoms with E-state index < -0.39 is 11.8 Å². The molecule has 1 saturated heterocycles. The maximum Gasteiger partial charge on any atom is 0.312 e. The second-order valence-electron chi connectivity index (χ2n) is 4.88. The lowest BCUT2D eigenvalue weighted by molar-refractivity contribution is -0.157. The SMILES string of the molecule is CC(C)N1CCN(Cc2nc(Cl)ccc2Cl)C(=O)C1=O. The Balaban J connectivity index is 2.14. The van der Waals surface area contributed by atoms with Gasteiger partial charge in [-0.15, -0.1) is 0 Å². The number of rotatable bonds is 3. The van der Waals surface area contributed by atoms with Gasteiger partial charge in [0.2, 0.25) is 0 Å². The summed E-state index contributed by atoms with van der Waals surface area (Å²) in [4.78, 5) is 31.2. The Kier molecular flexibility index (Phi) is 4.50. The Hall–Kier alpha value is -1.33. The highest BCUT2D eigenvalue weighted by molar-refractivity contribution is 6.35. The quantitative estimate of drug-likeness (QED) is 0.633. The van der Waals surface area contributed by atoms with Crippen LogP contribution in [0.5, 0.6) is 0 Å². The first-order valence-electron chi connectivity index (χ1n) is 6.31. The summed E-state index contributed by atoms with van der Waals surface area (Å²) >= 11 is 11.8. The largest absolute Gasteiger partial charge is 0.330 e. The summed E-state index contributed by atoms with van der Waals surface area (Å²) in [7, 11) is 0. The van der Waals surface area contributed by atoms with Crippen LogP contribution in [-0.2, 0) is 16.1 Å². The highest BCUT2D eigenvalue weighted by atomic mass is 35.5. The number of nitrogens with zero attached hydrogens (tertiary/aromatic N) is 3. The molecule has 2 rings (SSSR count). The first-order valence-corrected chi connectivity index (χ1v) is 7.06. The number of carbonyl (C=O) groups excluding carboxylic acids is 2. The molecule has 1 aromatic rings. The van der Waals surface area contributed by atoms with Crippen molar-refractivity contribution in [3.8, 4) is 0 Å². The van der Waals surface area contributed by atoms with E-state index in [4.69, 9.17) is 23.2 Å². The molecule has 0 aliphatic carbocycles. The van der Waals surface area contributed by atoms with Crippen molar-refractivity contribution in [1.29, 1.82) is 0 Å². The summed E-state index contributed by atoms with van der Waals surface area (Å²) in [5.41, 5.74) is 0.498. The van der Waals surface area contributed by atoms with E-state index in [-0.39, 0.29) is 12.6 Å². The van der Waals surface area contributed by atoms with Gasteiger partial charge in [-0.2, -0.15) is 0 Å². The van der Waals surface area contributed by atoms with Gasteiger partial charge in [0.05, 0.1) is 17.3 Å². The summed E-state index contributed by atoms with van der Waals surface area (Å²) < 4.78 is 0. The summed E-state index contributed by atoms with van der Waals surface area (Å²) in [6.45, 7) is 4.94.